The summed E-state index contributed by atoms with van der Waals surface area (Å²) in [7, 11) is 0. The molecule has 1 spiro atoms. The zero-order valence-electron chi connectivity index (χ0n) is 27.8. The van der Waals surface area contributed by atoms with Crippen LogP contribution < -0.4 is 0 Å². The van der Waals surface area contributed by atoms with Gasteiger partial charge in [0.05, 0.1) is 36.5 Å². The first-order chi connectivity index (χ1) is 20.3. The number of aliphatic hydroxyl groups excluding tert-OH is 1. The molecule has 1 saturated heterocycles. The van der Waals surface area contributed by atoms with Crippen LogP contribution in [0.5, 0.6) is 0 Å². The first-order valence-corrected chi connectivity index (χ1v) is 16.3. The maximum Gasteiger partial charge on any atom is 0.417 e. The summed E-state index contributed by atoms with van der Waals surface area (Å²) in [4.78, 5) is 5.06. The lowest BCUT2D eigenvalue weighted by atomic mass is 9.69. The molecular weight excluding hydrogens is 585 g/mol. The molecule has 0 amide bonds. The number of thiol groups is 1. The van der Waals surface area contributed by atoms with Crippen LogP contribution in [0.2, 0.25) is 0 Å². The largest absolute Gasteiger partial charge is 0.417 e. The molecule has 0 radical (unpaired) electrons. The van der Waals surface area contributed by atoms with Crippen molar-refractivity contribution in [2.24, 2.45) is 16.7 Å². The highest BCUT2D eigenvalue weighted by Crippen LogP contribution is 2.58. The standard InChI is InChI=1S/C28H31F3N2O3.C6H14.CH4S/c1-14(2)24-22-23(21-19(33-24)9-26(4,5)10-20(21)34)27(13-35-12-15(27)3)36-25(22)16-6-7-18(28(29,30)31)17(8-16)11-32;1-5-6(2,3)4;1-2/h6-8,14-15,20,25,34H,9-10,12-13H2,1-5H3;5H2,1-4H3;2H,1H3. The average molecular weight is 635 g/mol. The highest BCUT2D eigenvalue weighted by Gasteiger charge is 2.56. The van der Waals surface area contributed by atoms with Crippen LogP contribution >= 0.6 is 12.6 Å². The molecule has 1 aromatic carbocycles. The molecule has 1 aromatic heterocycles. The van der Waals surface area contributed by atoms with Crippen molar-refractivity contribution in [3.05, 3.63) is 63.0 Å². The fourth-order valence-electron chi connectivity index (χ4n) is 6.25. The van der Waals surface area contributed by atoms with Crippen molar-refractivity contribution in [2.75, 3.05) is 19.5 Å². The van der Waals surface area contributed by atoms with Crippen LogP contribution in [0.15, 0.2) is 18.2 Å². The van der Waals surface area contributed by atoms with Crippen LogP contribution in [0, 0.1) is 28.1 Å². The fourth-order valence-corrected chi connectivity index (χ4v) is 6.25. The molecule has 4 unspecified atom stereocenters. The highest BCUT2D eigenvalue weighted by atomic mass is 32.1. The molecule has 9 heteroatoms. The van der Waals surface area contributed by atoms with Crippen LogP contribution in [0.25, 0.3) is 0 Å². The number of nitriles is 1. The van der Waals surface area contributed by atoms with Gasteiger partial charge in [-0.25, -0.2) is 0 Å². The third-order valence-electron chi connectivity index (χ3n) is 8.98. The first kappa shape index (κ1) is 36.3. The smallest absolute Gasteiger partial charge is 0.388 e. The van der Waals surface area contributed by atoms with E-state index in [1.165, 1.54) is 18.6 Å². The van der Waals surface area contributed by atoms with Crippen molar-refractivity contribution in [1.29, 1.82) is 5.26 Å². The number of aromatic nitrogens is 1. The molecule has 1 aliphatic carbocycles. The van der Waals surface area contributed by atoms with Gasteiger partial charge in [0.1, 0.15) is 11.7 Å². The molecule has 3 aliphatic rings. The van der Waals surface area contributed by atoms with Crippen LogP contribution in [0.1, 0.15) is 138 Å². The van der Waals surface area contributed by atoms with Crippen molar-refractivity contribution in [1.82, 2.24) is 4.98 Å². The Labute approximate surface area is 267 Å². The van der Waals surface area contributed by atoms with Gasteiger partial charge in [-0.05, 0) is 53.5 Å². The van der Waals surface area contributed by atoms with Gasteiger partial charge in [-0.1, -0.05) is 74.8 Å². The van der Waals surface area contributed by atoms with E-state index < -0.39 is 35.1 Å². The van der Waals surface area contributed by atoms with E-state index in [2.05, 4.69) is 54.2 Å². The number of pyridine rings is 1. The third kappa shape index (κ3) is 7.14. The summed E-state index contributed by atoms with van der Waals surface area (Å²) in [6, 6.07) is 5.33. The maximum absolute atomic E-state index is 13.5. The molecule has 1 N–H and O–H groups in total. The van der Waals surface area contributed by atoms with Gasteiger partial charge < -0.3 is 14.6 Å². The Morgan fingerprint density at radius 2 is 1.77 bits per heavy atom. The molecule has 1 fully saturated rings. The second-order valence-corrected chi connectivity index (χ2v) is 14.5. The van der Waals surface area contributed by atoms with E-state index in [4.69, 9.17) is 14.5 Å². The van der Waals surface area contributed by atoms with Gasteiger partial charge in [0, 0.05) is 34.0 Å². The van der Waals surface area contributed by atoms with Gasteiger partial charge in [0.25, 0.3) is 0 Å². The normalized spacial score (nSPS) is 25.4. The number of benzene rings is 1. The Morgan fingerprint density at radius 3 is 2.25 bits per heavy atom. The predicted molar refractivity (Wildman–Crippen MR) is 171 cm³/mol. The topological polar surface area (TPSA) is 75.4 Å². The van der Waals surface area contributed by atoms with E-state index in [0.29, 0.717) is 30.4 Å². The molecule has 5 rings (SSSR count). The second kappa shape index (κ2) is 13.3. The van der Waals surface area contributed by atoms with Crippen molar-refractivity contribution >= 4 is 12.6 Å². The molecule has 2 aromatic rings. The lowest BCUT2D eigenvalue weighted by Gasteiger charge is -2.38. The zero-order valence-corrected chi connectivity index (χ0v) is 28.7. The molecule has 244 valence electrons. The number of aliphatic hydroxyl groups is 1. The second-order valence-electron chi connectivity index (χ2n) is 14.5. The van der Waals surface area contributed by atoms with E-state index in [1.54, 1.807) is 12.3 Å². The number of alkyl halides is 3. The van der Waals surface area contributed by atoms with Crippen LogP contribution in [-0.4, -0.2) is 29.6 Å². The molecular formula is C35H49F3N2O3S. The van der Waals surface area contributed by atoms with E-state index in [1.807, 2.05) is 20.8 Å². The predicted octanol–water partition coefficient (Wildman–Crippen LogP) is 9.07. The number of rotatable bonds is 2. The lowest BCUT2D eigenvalue weighted by molar-refractivity contribution is -0.137. The Morgan fingerprint density at radius 1 is 1.16 bits per heavy atom. The van der Waals surface area contributed by atoms with Gasteiger partial charge in [0.15, 0.2) is 0 Å². The fraction of sp³-hybridized carbons (Fsp3) is 0.657. The monoisotopic (exact) mass is 634 g/mol. The van der Waals surface area contributed by atoms with E-state index in [-0.39, 0.29) is 23.9 Å². The molecule has 2 aliphatic heterocycles. The highest BCUT2D eigenvalue weighted by molar-refractivity contribution is 7.79. The van der Waals surface area contributed by atoms with Crippen molar-refractivity contribution in [3.63, 3.8) is 0 Å². The summed E-state index contributed by atoms with van der Waals surface area (Å²) < 4.78 is 53.2. The molecule has 44 heavy (non-hydrogen) atoms. The summed E-state index contributed by atoms with van der Waals surface area (Å²) in [6.45, 7) is 20.0. The Kier molecular flexibility index (Phi) is 11.0. The SMILES string of the molecule is CC(C)c1nc2c(c3c1C(c1ccc(C(F)(F)F)c(C#N)c1)OC31COCC1C)C(O)CC(C)(C)C2.CCC(C)(C)C.CS. The van der Waals surface area contributed by atoms with Gasteiger partial charge >= 0.3 is 6.18 Å². The van der Waals surface area contributed by atoms with Crippen molar-refractivity contribution in [3.8, 4) is 6.07 Å². The minimum absolute atomic E-state index is 0.00925. The van der Waals surface area contributed by atoms with E-state index >= 15 is 0 Å². The number of nitrogens with zero attached hydrogens (tertiary/aromatic N) is 2. The molecule has 0 bridgehead atoms. The zero-order chi connectivity index (χ0) is 33.4. The summed E-state index contributed by atoms with van der Waals surface area (Å²) in [5, 5.41) is 20.9. The maximum atomic E-state index is 13.5. The number of hydrogen-bond donors (Lipinski definition) is 2. The van der Waals surface area contributed by atoms with Crippen LogP contribution in [-0.2, 0) is 27.7 Å². The summed E-state index contributed by atoms with van der Waals surface area (Å²) >= 11 is 3.53. The number of halogens is 3. The molecule has 4 atom stereocenters. The number of ether oxygens (including phenoxy) is 2. The van der Waals surface area contributed by atoms with Gasteiger partial charge in [-0.3, -0.25) is 4.98 Å². The quantitative estimate of drug-likeness (QED) is 0.323. The van der Waals surface area contributed by atoms with E-state index in [9.17, 15) is 23.5 Å². The van der Waals surface area contributed by atoms with E-state index in [0.717, 1.165) is 34.1 Å². The van der Waals surface area contributed by atoms with Gasteiger partial charge in [0.2, 0.25) is 0 Å². The number of fused-ring (bicyclic) bond motifs is 4. The Balaban J connectivity index is 0.000000593. The van der Waals surface area contributed by atoms with Crippen LogP contribution in [0.4, 0.5) is 13.2 Å². The van der Waals surface area contributed by atoms with Crippen molar-refractivity contribution in [2.45, 2.75) is 111 Å². The third-order valence-corrected chi connectivity index (χ3v) is 8.98. The minimum atomic E-state index is -4.63. The lowest BCUT2D eigenvalue weighted by Crippen LogP contribution is -2.37. The Bertz CT molecular complexity index is 1380. The van der Waals surface area contributed by atoms with Crippen LogP contribution in [0.3, 0.4) is 0 Å². The van der Waals surface area contributed by atoms with Crippen molar-refractivity contribution < 1.29 is 27.8 Å². The molecule has 5 nitrogen and oxygen atoms in total. The summed E-state index contributed by atoms with van der Waals surface area (Å²) in [5.41, 5.74) is 2.74. The molecule has 3 heterocycles. The summed E-state index contributed by atoms with van der Waals surface area (Å²) in [5.74, 6) is -0.0326. The summed E-state index contributed by atoms with van der Waals surface area (Å²) in [6.07, 6.45) is -1.84. The number of hydrogen-bond acceptors (Lipinski definition) is 6. The Hall–Kier alpha value is -2.12. The first-order valence-electron chi connectivity index (χ1n) is 15.4. The average Bonchev–Trinajstić information content (AvgIpc) is 3.47. The minimum Gasteiger partial charge on any atom is -0.388 e. The van der Waals surface area contributed by atoms with Gasteiger partial charge in [-0.15, -0.1) is 0 Å². The molecule has 0 saturated carbocycles. The van der Waals surface area contributed by atoms with Gasteiger partial charge in [-0.2, -0.15) is 31.1 Å².